The van der Waals surface area contributed by atoms with Crippen molar-refractivity contribution in [2.24, 2.45) is 5.92 Å². The number of carbonyl (C=O) groups excluding carboxylic acids is 1. The van der Waals surface area contributed by atoms with Crippen LogP contribution in [0.3, 0.4) is 0 Å². The number of anilines is 1. The third-order valence-corrected chi connectivity index (χ3v) is 4.11. The lowest BCUT2D eigenvalue weighted by atomic mass is 10.1. The van der Waals surface area contributed by atoms with Crippen LogP contribution in [-0.2, 0) is 14.3 Å². The molecule has 1 saturated heterocycles. The first-order valence-electron chi connectivity index (χ1n) is 7.94. The SMILES string of the molecule is CNc1ccccc1C(=N)OCCCN1CCC(C(=O)OC)C1. The molecule has 1 heterocycles. The lowest BCUT2D eigenvalue weighted by Crippen LogP contribution is -2.25. The molecule has 0 saturated carbocycles. The maximum absolute atomic E-state index is 11.5. The summed E-state index contributed by atoms with van der Waals surface area (Å²) in [6.07, 6.45) is 1.69. The number of ether oxygens (including phenoxy) is 2. The molecule has 126 valence electrons. The van der Waals surface area contributed by atoms with Crippen molar-refractivity contribution in [2.75, 3.05) is 45.7 Å². The van der Waals surface area contributed by atoms with Gasteiger partial charge in [0.2, 0.25) is 5.90 Å². The Hall–Kier alpha value is -2.08. The highest BCUT2D eigenvalue weighted by Gasteiger charge is 2.28. The minimum Gasteiger partial charge on any atom is -0.478 e. The molecule has 0 aliphatic carbocycles. The zero-order valence-electron chi connectivity index (χ0n) is 13.8. The fourth-order valence-electron chi connectivity index (χ4n) is 2.83. The van der Waals surface area contributed by atoms with E-state index in [1.807, 2.05) is 31.3 Å². The van der Waals surface area contributed by atoms with Crippen LogP contribution in [0.25, 0.3) is 0 Å². The fourth-order valence-corrected chi connectivity index (χ4v) is 2.83. The maximum Gasteiger partial charge on any atom is 0.310 e. The average Bonchev–Trinajstić information content (AvgIpc) is 3.06. The Bertz CT molecular complexity index is 548. The number of nitrogens with zero attached hydrogens (tertiary/aromatic N) is 1. The number of likely N-dealkylation sites (tertiary alicyclic amines) is 1. The van der Waals surface area contributed by atoms with Crippen LogP contribution in [0.1, 0.15) is 18.4 Å². The van der Waals surface area contributed by atoms with Gasteiger partial charge in [-0.05, 0) is 31.5 Å². The molecule has 1 aromatic rings. The minimum atomic E-state index is -0.116. The van der Waals surface area contributed by atoms with E-state index in [4.69, 9.17) is 14.9 Å². The van der Waals surface area contributed by atoms with Crippen LogP contribution >= 0.6 is 0 Å². The van der Waals surface area contributed by atoms with Crippen LogP contribution < -0.4 is 5.32 Å². The van der Waals surface area contributed by atoms with Gasteiger partial charge >= 0.3 is 5.97 Å². The van der Waals surface area contributed by atoms with Gasteiger partial charge in [-0.2, -0.15) is 0 Å². The van der Waals surface area contributed by atoms with Crippen molar-refractivity contribution in [3.05, 3.63) is 29.8 Å². The number of hydrogen-bond acceptors (Lipinski definition) is 6. The highest BCUT2D eigenvalue weighted by atomic mass is 16.5. The first-order valence-corrected chi connectivity index (χ1v) is 7.94. The predicted molar refractivity (Wildman–Crippen MR) is 89.9 cm³/mol. The molecule has 1 aliphatic heterocycles. The molecule has 1 unspecified atom stereocenters. The Morgan fingerprint density at radius 2 is 2.22 bits per heavy atom. The summed E-state index contributed by atoms with van der Waals surface area (Å²) >= 11 is 0. The molecular formula is C17H25N3O3. The van der Waals surface area contributed by atoms with E-state index in [2.05, 4.69) is 10.2 Å². The van der Waals surface area contributed by atoms with Crippen LogP contribution in [0.15, 0.2) is 24.3 Å². The lowest BCUT2D eigenvalue weighted by Gasteiger charge is -2.16. The number of rotatable bonds is 7. The van der Waals surface area contributed by atoms with E-state index >= 15 is 0 Å². The number of carbonyl (C=O) groups is 1. The molecule has 6 nitrogen and oxygen atoms in total. The number of esters is 1. The molecule has 0 bridgehead atoms. The molecule has 0 aromatic heterocycles. The molecule has 0 radical (unpaired) electrons. The molecule has 0 spiro atoms. The zero-order valence-corrected chi connectivity index (χ0v) is 13.8. The molecule has 6 heteroatoms. The summed E-state index contributed by atoms with van der Waals surface area (Å²) in [5.74, 6) is 0.0692. The van der Waals surface area contributed by atoms with E-state index < -0.39 is 0 Å². The topological polar surface area (TPSA) is 74.7 Å². The van der Waals surface area contributed by atoms with Gasteiger partial charge in [-0.1, -0.05) is 12.1 Å². The van der Waals surface area contributed by atoms with E-state index in [1.54, 1.807) is 0 Å². The van der Waals surface area contributed by atoms with Crippen molar-refractivity contribution in [3.8, 4) is 0 Å². The second-order valence-corrected chi connectivity index (χ2v) is 5.64. The third-order valence-electron chi connectivity index (χ3n) is 4.11. The fraction of sp³-hybridized carbons (Fsp3) is 0.529. The largest absolute Gasteiger partial charge is 0.478 e. The van der Waals surface area contributed by atoms with Gasteiger partial charge in [0, 0.05) is 25.8 Å². The van der Waals surface area contributed by atoms with Crippen molar-refractivity contribution in [3.63, 3.8) is 0 Å². The highest BCUT2D eigenvalue weighted by molar-refractivity contribution is 5.97. The molecule has 1 atom stereocenters. The first-order chi connectivity index (χ1) is 11.2. The molecule has 1 aliphatic rings. The number of benzene rings is 1. The predicted octanol–water partition coefficient (Wildman–Crippen LogP) is 1.96. The van der Waals surface area contributed by atoms with Crippen LogP contribution in [-0.4, -0.2) is 57.2 Å². The maximum atomic E-state index is 11.5. The number of nitrogens with one attached hydrogen (secondary N) is 2. The molecule has 1 aromatic carbocycles. The van der Waals surface area contributed by atoms with E-state index in [-0.39, 0.29) is 17.8 Å². The van der Waals surface area contributed by atoms with Gasteiger partial charge in [-0.3, -0.25) is 10.2 Å². The van der Waals surface area contributed by atoms with Crippen molar-refractivity contribution in [1.82, 2.24) is 4.90 Å². The summed E-state index contributed by atoms with van der Waals surface area (Å²) in [4.78, 5) is 13.7. The molecule has 1 fully saturated rings. The van der Waals surface area contributed by atoms with Gasteiger partial charge in [-0.15, -0.1) is 0 Å². The van der Waals surface area contributed by atoms with E-state index in [0.717, 1.165) is 43.7 Å². The van der Waals surface area contributed by atoms with Gasteiger partial charge in [0.25, 0.3) is 0 Å². The quantitative estimate of drug-likeness (QED) is 0.348. The van der Waals surface area contributed by atoms with E-state index in [1.165, 1.54) is 7.11 Å². The summed E-state index contributed by atoms with van der Waals surface area (Å²) in [5.41, 5.74) is 1.65. The summed E-state index contributed by atoms with van der Waals surface area (Å²) in [7, 11) is 3.27. The van der Waals surface area contributed by atoms with Crippen molar-refractivity contribution < 1.29 is 14.3 Å². The van der Waals surface area contributed by atoms with Crippen molar-refractivity contribution in [1.29, 1.82) is 5.41 Å². The second-order valence-electron chi connectivity index (χ2n) is 5.64. The monoisotopic (exact) mass is 319 g/mol. The molecular weight excluding hydrogens is 294 g/mol. The number of methoxy groups -OCH3 is 1. The van der Waals surface area contributed by atoms with Crippen molar-refractivity contribution in [2.45, 2.75) is 12.8 Å². The van der Waals surface area contributed by atoms with E-state index in [0.29, 0.717) is 6.61 Å². The smallest absolute Gasteiger partial charge is 0.310 e. The number of hydrogen-bond donors (Lipinski definition) is 2. The Kier molecular flexibility index (Phi) is 6.40. The van der Waals surface area contributed by atoms with Crippen LogP contribution in [0, 0.1) is 11.3 Å². The second kappa shape index (κ2) is 8.53. The van der Waals surface area contributed by atoms with Gasteiger partial charge < -0.3 is 19.7 Å². The van der Waals surface area contributed by atoms with Gasteiger partial charge in [-0.25, -0.2) is 0 Å². The highest BCUT2D eigenvalue weighted by Crippen LogP contribution is 2.18. The zero-order chi connectivity index (χ0) is 16.7. The Morgan fingerprint density at radius 1 is 1.43 bits per heavy atom. The Morgan fingerprint density at radius 3 is 2.96 bits per heavy atom. The van der Waals surface area contributed by atoms with Crippen LogP contribution in [0.2, 0.25) is 0 Å². The average molecular weight is 319 g/mol. The summed E-state index contributed by atoms with van der Waals surface area (Å²) in [6.45, 7) is 3.04. The third kappa shape index (κ3) is 4.69. The first kappa shape index (κ1) is 17.3. The van der Waals surface area contributed by atoms with Gasteiger partial charge in [0.1, 0.15) is 0 Å². The summed E-state index contributed by atoms with van der Waals surface area (Å²) in [5, 5.41) is 11.1. The molecule has 2 N–H and O–H groups in total. The lowest BCUT2D eigenvalue weighted by molar-refractivity contribution is -0.144. The van der Waals surface area contributed by atoms with Crippen molar-refractivity contribution >= 4 is 17.6 Å². The van der Waals surface area contributed by atoms with Crippen LogP contribution in [0.4, 0.5) is 5.69 Å². The van der Waals surface area contributed by atoms with Gasteiger partial charge in [0.05, 0.1) is 25.2 Å². The number of para-hydroxylation sites is 1. The normalized spacial score (nSPS) is 17.7. The standard InChI is InChI=1S/C17H25N3O3/c1-19-15-7-4-3-6-14(15)16(18)23-11-5-9-20-10-8-13(12-20)17(21)22-2/h3-4,6-7,13,18-19H,5,8-12H2,1-2H3. The molecule has 0 amide bonds. The van der Waals surface area contributed by atoms with Gasteiger partial charge in [0.15, 0.2) is 0 Å². The minimum absolute atomic E-state index is 0.00159. The summed E-state index contributed by atoms with van der Waals surface area (Å²) < 4.78 is 10.3. The van der Waals surface area contributed by atoms with Crippen LogP contribution in [0.5, 0.6) is 0 Å². The summed E-state index contributed by atoms with van der Waals surface area (Å²) in [6, 6.07) is 7.61. The molecule has 2 rings (SSSR count). The Balaban J connectivity index is 1.70. The molecule has 23 heavy (non-hydrogen) atoms. The van der Waals surface area contributed by atoms with E-state index in [9.17, 15) is 4.79 Å². The Labute approximate surface area is 137 Å².